The number of primary amides is 1. The maximum Gasteiger partial charge on any atom is 0.338 e. The molecule has 23 heavy (non-hydrogen) atoms. The molecule has 1 unspecified atom stereocenters. The molecule has 0 bridgehead atoms. The summed E-state index contributed by atoms with van der Waals surface area (Å²) in [6.45, 7) is 3.85. The summed E-state index contributed by atoms with van der Waals surface area (Å²) in [7, 11) is 0. The number of carbonyl (C=O) groups is 2. The number of esters is 1. The van der Waals surface area contributed by atoms with Crippen molar-refractivity contribution < 1.29 is 14.3 Å². The summed E-state index contributed by atoms with van der Waals surface area (Å²) in [6.07, 6.45) is 0. The van der Waals surface area contributed by atoms with Gasteiger partial charge in [-0.3, -0.25) is 4.79 Å². The molecule has 0 spiro atoms. The molecule has 0 fully saturated rings. The predicted octanol–water partition coefficient (Wildman–Crippen LogP) is 1.74. The first-order chi connectivity index (χ1) is 11.0. The molecular formula is C16H19N3O3S. The summed E-state index contributed by atoms with van der Waals surface area (Å²) in [4.78, 5) is 27.8. The van der Waals surface area contributed by atoms with Crippen LogP contribution in [-0.4, -0.2) is 29.4 Å². The monoisotopic (exact) mass is 333 g/mol. The number of aliphatic imine (C=N–C) groups is 1. The first kappa shape index (κ1) is 17.1. The first-order valence-electron chi connectivity index (χ1n) is 7.21. The van der Waals surface area contributed by atoms with Gasteiger partial charge in [0.15, 0.2) is 5.17 Å². The summed E-state index contributed by atoms with van der Waals surface area (Å²) in [5.74, 6) is -0.697. The Morgan fingerprint density at radius 1 is 1.35 bits per heavy atom. The van der Waals surface area contributed by atoms with Gasteiger partial charge in [-0.2, -0.15) is 0 Å². The molecule has 122 valence electrons. The molecule has 3 N–H and O–H groups in total. The van der Waals surface area contributed by atoms with E-state index in [1.54, 1.807) is 13.8 Å². The number of rotatable bonds is 5. The minimum absolute atomic E-state index is 0.120. The Morgan fingerprint density at radius 2 is 2.04 bits per heavy atom. The Morgan fingerprint density at radius 3 is 2.65 bits per heavy atom. The number of ether oxygens (including phenoxy) is 1. The maximum atomic E-state index is 12.3. The van der Waals surface area contributed by atoms with Gasteiger partial charge < -0.3 is 15.8 Å². The second-order valence-electron chi connectivity index (χ2n) is 4.89. The number of amidine groups is 1. The summed E-state index contributed by atoms with van der Waals surface area (Å²) >= 11 is 1.21. The molecule has 0 aromatic heterocycles. The van der Waals surface area contributed by atoms with E-state index in [9.17, 15) is 9.59 Å². The maximum absolute atomic E-state index is 12.3. The molecule has 1 aromatic carbocycles. The van der Waals surface area contributed by atoms with Gasteiger partial charge in [-0.15, -0.1) is 0 Å². The molecule has 0 saturated carbocycles. The van der Waals surface area contributed by atoms with Gasteiger partial charge in [0.25, 0.3) is 0 Å². The fourth-order valence-electron chi connectivity index (χ4n) is 2.21. The molecular weight excluding hydrogens is 314 g/mol. The summed E-state index contributed by atoms with van der Waals surface area (Å²) < 4.78 is 5.15. The molecule has 1 aromatic rings. The molecule has 0 aliphatic carbocycles. The standard InChI is InChI=1S/C16H19N3O3S/c1-3-22-15(21)13-10(2)18-16(23-9-12(17)20)19-14(13)11-7-5-4-6-8-11/h4-8,14H,3,9H2,1-2H3,(H2,17,20)(H,18,19). The Balaban J connectivity index is 2.35. The number of benzene rings is 1. The Hall–Kier alpha value is -2.28. The van der Waals surface area contributed by atoms with E-state index in [2.05, 4.69) is 10.3 Å². The zero-order chi connectivity index (χ0) is 16.8. The Bertz CT molecular complexity index is 656. The number of nitrogens with two attached hydrogens (primary N) is 1. The van der Waals surface area contributed by atoms with Gasteiger partial charge in [0.05, 0.1) is 17.9 Å². The number of allylic oxidation sites excluding steroid dienone is 1. The molecule has 1 heterocycles. The molecule has 1 aliphatic rings. The fourth-order valence-corrected chi connectivity index (χ4v) is 2.89. The highest BCUT2D eigenvalue weighted by molar-refractivity contribution is 8.14. The molecule has 1 atom stereocenters. The zero-order valence-electron chi connectivity index (χ0n) is 13.0. The lowest BCUT2D eigenvalue weighted by Crippen LogP contribution is -2.31. The lowest BCUT2D eigenvalue weighted by molar-refractivity contribution is -0.139. The van der Waals surface area contributed by atoms with Crippen LogP contribution in [0.5, 0.6) is 0 Å². The Labute approximate surface area is 139 Å². The zero-order valence-corrected chi connectivity index (χ0v) is 13.9. The van der Waals surface area contributed by atoms with Gasteiger partial charge in [0.1, 0.15) is 6.04 Å². The molecule has 1 amide bonds. The van der Waals surface area contributed by atoms with Crippen molar-refractivity contribution in [3.8, 4) is 0 Å². The van der Waals surface area contributed by atoms with E-state index in [-0.39, 0.29) is 5.75 Å². The topological polar surface area (TPSA) is 93.8 Å². The van der Waals surface area contributed by atoms with Crippen molar-refractivity contribution >= 4 is 28.8 Å². The van der Waals surface area contributed by atoms with Gasteiger partial charge >= 0.3 is 5.97 Å². The Kier molecular flexibility index (Phi) is 5.81. The van der Waals surface area contributed by atoms with E-state index in [4.69, 9.17) is 10.5 Å². The minimum Gasteiger partial charge on any atom is -0.463 e. The van der Waals surface area contributed by atoms with Crippen LogP contribution in [0.3, 0.4) is 0 Å². The lowest BCUT2D eigenvalue weighted by Gasteiger charge is -2.25. The number of amides is 1. The summed E-state index contributed by atoms with van der Waals surface area (Å²) in [6, 6.07) is 9.03. The second-order valence-corrected chi connectivity index (χ2v) is 5.85. The van der Waals surface area contributed by atoms with E-state index in [1.165, 1.54) is 11.8 Å². The number of hydrogen-bond donors (Lipinski definition) is 2. The molecule has 6 nitrogen and oxygen atoms in total. The van der Waals surface area contributed by atoms with E-state index in [1.807, 2.05) is 30.3 Å². The van der Waals surface area contributed by atoms with Crippen molar-refractivity contribution in [1.82, 2.24) is 5.32 Å². The van der Waals surface area contributed by atoms with Crippen molar-refractivity contribution in [3.05, 3.63) is 47.2 Å². The average molecular weight is 333 g/mol. The van der Waals surface area contributed by atoms with Crippen molar-refractivity contribution in [2.75, 3.05) is 12.4 Å². The molecule has 1 aliphatic heterocycles. The van der Waals surface area contributed by atoms with E-state index < -0.39 is 17.9 Å². The molecule has 2 rings (SSSR count). The molecule has 0 radical (unpaired) electrons. The lowest BCUT2D eigenvalue weighted by atomic mass is 9.97. The van der Waals surface area contributed by atoms with Crippen LogP contribution < -0.4 is 11.1 Å². The van der Waals surface area contributed by atoms with Crippen LogP contribution in [0.4, 0.5) is 0 Å². The number of nitrogens with zero attached hydrogens (tertiary/aromatic N) is 1. The van der Waals surface area contributed by atoms with Crippen LogP contribution in [0.25, 0.3) is 0 Å². The molecule has 7 heteroatoms. The number of carbonyl (C=O) groups excluding carboxylic acids is 2. The first-order valence-corrected chi connectivity index (χ1v) is 8.20. The van der Waals surface area contributed by atoms with Crippen molar-refractivity contribution in [2.24, 2.45) is 10.7 Å². The quantitative estimate of drug-likeness (QED) is 0.801. The van der Waals surface area contributed by atoms with Gasteiger partial charge in [-0.25, -0.2) is 9.79 Å². The second kappa shape index (κ2) is 7.82. The number of thioether (sulfide) groups is 1. The number of nitrogens with one attached hydrogen (secondary N) is 1. The smallest absolute Gasteiger partial charge is 0.338 e. The van der Waals surface area contributed by atoms with Crippen LogP contribution in [0.15, 0.2) is 46.6 Å². The normalized spacial score (nSPS) is 17.3. The highest BCUT2D eigenvalue weighted by Gasteiger charge is 2.30. The minimum atomic E-state index is -0.466. The average Bonchev–Trinajstić information content (AvgIpc) is 2.53. The van der Waals surface area contributed by atoms with Gasteiger partial charge in [0.2, 0.25) is 5.91 Å². The van der Waals surface area contributed by atoms with E-state index in [0.29, 0.717) is 23.0 Å². The fraction of sp³-hybridized carbons (Fsp3) is 0.312. The van der Waals surface area contributed by atoms with E-state index in [0.717, 1.165) is 5.56 Å². The van der Waals surface area contributed by atoms with E-state index >= 15 is 0 Å². The van der Waals surface area contributed by atoms with Crippen LogP contribution >= 0.6 is 11.8 Å². The largest absolute Gasteiger partial charge is 0.463 e. The summed E-state index contributed by atoms with van der Waals surface area (Å²) in [5.41, 5.74) is 7.20. The third kappa shape index (κ3) is 4.35. The van der Waals surface area contributed by atoms with Crippen LogP contribution in [0.1, 0.15) is 25.5 Å². The van der Waals surface area contributed by atoms with Crippen molar-refractivity contribution in [2.45, 2.75) is 19.9 Å². The third-order valence-corrected chi connectivity index (χ3v) is 4.09. The highest BCUT2D eigenvalue weighted by Crippen LogP contribution is 2.32. The van der Waals surface area contributed by atoms with Crippen molar-refractivity contribution in [3.63, 3.8) is 0 Å². The third-order valence-electron chi connectivity index (χ3n) is 3.18. The van der Waals surface area contributed by atoms with Crippen molar-refractivity contribution in [1.29, 1.82) is 0 Å². The van der Waals surface area contributed by atoms with Crippen LogP contribution in [0.2, 0.25) is 0 Å². The van der Waals surface area contributed by atoms with Gasteiger partial charge in [0, 0.05) is 5.70 Å². The number of hydrogen-bond acceptors (Lipinski definition) is 6. The van der Waals surface area contributed by atoms with Crippen LogP contribution in [-0.2, 0) is 14.3 Å². The van der Waals surface area contributed by atoms with Crippen LogP contribution in [0, 0.1) is 0 Å². The molecule has 0 saturated heterocycles. The van der Waals surface area contributed by atoms with Gasteiger partial charge in [-0.1, -0.05) is 42.1 Å². The SMILES string of the molecule is CCOC(=O)C1=C(C)NC(SCC(N)=O)=NC1c1ccccc1. The summed E-state index contributed by atoms with van der Waals surface area (Å²) in [5, 5.41) is 3.60. The highest BCUT2D eigenvalue weighted by atomic mass is 32.2. The predicted molar refractivity (Wildman–Crippen MR) is 90.7 cm³/mol. The van der Waals surface area contributed by atoms with Gasteiger partial charge in [-0.05, 0) is 19.4 Å².